The lowest BCUT2D eigenvalue weighted by Crippen LogP contribution is -2.39. The molecule has 0 aromatic heterocycles. The van der Waals surface area contributed by atoms with E-state index in [9.17, 15) is 9.59 Å². The van der Waals surface area contributed by atoms with Gasteiger partial charge in [0.25, 0.3) is 5.91 Å². The lowest BCUT2D eigenvalue weighted by molar-refractivity contribution is 0.0950. The molecule has 4 rings (SSSR count). The standard InChI is InChI=1S/C27H31N3O3/c1-3-33-27(32)30-15-7-11-23(30)18-28-22-14-13-19(2)25(16-22)26(31)29-17-21-10-6-9-20-8-4-5-12-24(20)21/h4-6,8-10,12-14,16,23,28H,3,7,11,15,17-18H2,1-2H3,(H,29,31). The van der Waals surface area contributed by atoms with Crippen molar-refractivity contribution >= 4 is 28.5 Å². The average Bonchev–Trinajstić information content (AvgIpc) is 3.31. The summed E-state index contributed by atoms with van der Waals surface area (Å²) in [6, 6.07) is 20.2. The minimum absolute atomic E-state index is 0.0917. The Labute approximate surface area is 194 Å². The fraction of sp³-hybridized carbons (Fsp3) is 0.333. The topological polar surface area (TPSA) is 70.7 Å². The maximum Gasteiger partial charge on any atom is 0.410 e. The lowest BCUT2D eigenvalue weighted by atomic mass is 10.0. The van der Waals surface area contributed by atoms with Gasteiger partial charge in [0.15, 0.2) is 0 Å². The molecule has 3 aromatic carbocycles. The summed E-state index contributed by atoms with van der Waals surface area (Å²) in [5.41, 5.74) is 3.53. The summed E-state index contributed by atoms with van der Waals surface area (Å²) >= 11 is 0. The molecule has 6 nitrogen and oxygen atoms in total. The number of rotatable bonds is 7. The molecule has 0 radical (unpaired) electrons. The second-order valence-electron chi connectivity index (χ2n) is 8.42. The Hall–Kier alpha value is -3.54. The summed E-state index contributed by atoms with van der Waals surface area (Å²) in [5.74, 6) is -0.0990. The van der Waals surface area contributed by atoms with E-state index in [0.29, 0.717) is 25.3 Å². The van der Waals surface area contributed by atoms with Crippen molar-refractivity contribution in [3.8, 4) is 0 Å². The highest BCUT2D eigenvalue weighted by Crippen LogP contribution is 2.22. The predicted octanol–water partition coefficient (Wildman–Crippen LogP) is 5.11. The maximum absolute atomic E-state index is 13.0. The van der Waals surface area contributed by atoms with Gasteiger partial charge in [-0.2, -0.15) is 0 Å². The minimum Gasteiger partial charge on any atom is -0.450 e. The Bertz CT molecular complexity index is 1140. The Kier molecular flexibility index (Phi) is 7.13. The number of anilines is 1. The van der Waals surface area contributed by atoms with Gasteiger partial charge in [0.1, 0.15) is 0 Å². The maximum atomic E-state index is 13.0. The molecule has 33 heavy (non-hydrogen) atoms. The molecule has 2 amide bonds. The molecule has 2 N–H and O–H groups in total. The summed E-state index contributed by atoms with van der Waals surface area (Å²) in [4.78, 5) is 26.9. The molecular weight excluding hydrogens is 414 g/mol. The number of amides is 2. The van der Waals surface area contributed by atoms with Crippen LogP contribution in [0.2, 0.25) is 0 Å². The molecule has 1 fully saturated rings. The molecule has 0 aliphatic carbocycles. The van der Waals surface area contributed by atoms with Gasteiger partial charge < -0.3 is 20.3 Å². The molecule has 6 heteroatoms. The SMILES string of the molecule is CCOC(=O)N1CCCC1CNc1ccc(C)c(C(=O)NCc2cccc3ccccc23)c1. The van der Waals surface area contributed by atoms with Gasteiger partial charge in [-0.05, 0) is 60.7 Å². The number of carbonyl (C=O) groups is 2. The van der Waals surface area contributed by atoms with Gasteiger partial charge in [0.05, 0.1) is 12.6 Å². The van der Waals surface area contributed by atoms with E-state index < -0.39 is 0 Å². The van der Waals surface area contributed by atoms with Crippen molar-refractivity contribution in [1.82, 2.24) is 10.2 Å². The molecule has 1 heterocycles. The summed E-state index contributed by atoms with van der Waals surface area (Å²) < 4.78 is 5.17. The molecule has 1 aliphatic heterocycles. The van der Waals surface area contributed by atoms with Gasteiger partial charge in [-0.3, -0.25) is 4.79 Å². The zero-order chi connectivity index (χ0) is 23.2. The van der Waals surface area contributed by atoms with E-state index in [1.807, 2.05) is 56.3 Å². The van der Waals surface area contributed by atoms with Gasteiger partial charge >= 0.3 is 6.09 Å². The van der Waals surface area contributed by atoms with Crippen LogP contribution in [0.15, 0.2) is 60.7 Å². The number of hydrogen-bond acceptors (Lipinski definition) is 4. The Morgan fingerprint density at radius 2 is 1.91 bits per heavy atom. The number of carbonyl (C=O) groups excluding carboxylic acids is 2. The first-order valence-electron chi connectivity index (χ1n) is 11.6. The molecule has 0 saturated carbocycles. The highest BCUT2D eigenvalue weighted by Gasteiger charge is 2.29. The summed E-state index contributed by atoms with van der Waals surface area (Å²) in [6.07, 6.45) is 1.66. The average molecular weight is 446 g/mol. The fourth-order valence-corrected chi connectivity index (χ4v) is 4.42. The lowest BCUT2D eigenvalue weighted by Gasteiger charge is -2.24. The number of likely N-dealkylation sites (tertiary alicyclic amines) is 1. The van der Waals surface area contributed by atoms with Crippen LogP contribution in [0.5, 0.6) is 0 Å². The van der Waals surface area contributed by atoms with Crippen LogP contribution in [0.4, 0.5) is 10.5 Å². The molecule has 1 saturated heterocycles. The van der Waals surface area contributed by atoms with Gasteiger partial charge in [-0.1, -0.05) is 48.5 Å². The van der Waals surface area contributed by atoms with Crippen molar-refractivity contribution in [2.24, 2.45) is 0 Å². The van der Waals surface area contributed by atoms with E-state index in [1.165, 1.54) is 0 Å². The van der Waals surface area contributed by atoms with Gasteiger partial charge in [0.2, 0.25) is 0 Å². The first kappa shape index (κ1) is 22.6. The van der Waals surface area contributed by atoms with Gasteiger partial charge in [0, 0.05) is 30.9 Å². The van der Waals surface area contributed by atoms with Crippen molar-refractivity contribution in [3.05, 3.63) is 77.4 Å². The molecule has 1 aliphatic rings. The van der Waals surface area contributed by atoms with Crippen LogP contribution in [0.1, 0.15) is 41.3 Å². The van der Waals surface area contributed by atoms with E-state index in [-0.39, 0.29) is 18.0 Å². The highest BCUT2D eigenvalue weighted by molar-refractivity contribution is 5.97. The first-order valence-corrected chi connectivity index (χ1v) is 11.6. The molecule has 1 atom stereocenters. The number of nitrogens with zero attached hydrogens (tertiary/aromatic N) is 1. The number of fused-ring (bicyclic) bond motifs is 1. The Balaban J connectivity index is 1.40. The summed E-state index contributed by atoms with van der Waals surface area (Å²) in [6.45, 7) is 5.95. The smallest absolute Gasteiger partial charge is 0.410 e. The van der Waals surface area contributed by atoms with Crippen LogP contribution < -0.4 is 10.6 Å². The quantitative estimate of drug-likeness (QED) is 0.530. The molecule has 172 valence electrons. The van der Waals surface area contributed by atoms with Crippen molar-refractivity contribution in [2.45, 2.75) is 39.3 Å². The Morgan fingerprint density at radius 3 is 2.76 bits per heavy atom. The molecule has 1 unspecified atom stereocenters. The predicted molar refractivity (Wildman–Crippen MR) is 132 cm³/mol. The zero-order valence-electron chi connectivity index (χ0n) is 19.3. The van der Waals surface area contributed by atoms with Crippen LogP contribution in [-0.4, -0.2) is 42.6 Å². The largest absolute Gasteiger partial charge is 0.450 e. The minimum atomic E-state index is -0.251. The van der Waals surface area contributed by atoms with Crippen LogP contribution in [-0.2, 0) is 11.3 Å². The monoisotopic (exact) mass is 445 g/mol. The third-order valence-corrected chi connectivity index (χ3v) is 6.22. The molecule has 3 aromatic rings. The first-order chi connectivity index (χ1) is 16.1. The van der Waals surface area contributed by atoms with Crippen LogP contribution >= 0.6 is 0 Å². The summed E-state index contributed by atoms with van der Waals surface area (Å²) in [5, 5.41) is 8.79. The number of hydrogen-bond donors (Lipinski definition) is 2. The van der Waals surface area contributed by atoms with Gasteiger partial charge in [-0.15, -0.1) is 0 Å². The van der Waals surface area contributed by atoms with E-state index >= 15 is 0 Å². The molecule has 0 spiro atoms. The second kappa shape index (κ2) is 10.4. The normalized spacial score (nSPS) is 15.5. The van der Waals surface area contributed by atoms with Crippen LogP contribution in [0, 0.1) is 6.92 Å². The Morgan fingerprint density at radius 1 is 1.09 bits per heavy atom. The number of nitrogens with one attached hydrogen (secondary N) is 2. The molecular formula is C27H31N3O3. The van der Waals surface area contributed by atoms with E-state index in [2.05, 4.69) is 28.8 Å². The van der Waals surface area contributed by atoms with Crippen molar-refractivity contribution in [3.63, 3.8) is 0 Å². The van der Waals surface area contributed by atoms with Crippen molar-refractivity contribution in [2.75, 3.05) is 25.0 Å². The summed E-state index contributed by atoms with van der Waals surface area (Å²) in [7, 11) is 0. The zero-order valence-corrected chi connectivity index (χ0v) is 19.3. The highest BCUT2D eigenvalue weighted by atomic mass is 16.6. The van der Waals surface area contributed by atoms with E-state index in [1.54, 1.807) is 4.90 Å². The van der Waals surface area contributed by atoms with E-state index in [0.717, 1.165) is 47.0 Å². The van der Waals surface area contributed by atoms with E-state index in [4.69, 9.17) is 4.74 Å². The van der Waals surface area contributed by atoms with Crippen LogP contribution in [0.3, 0.4) is 0 Å². The fourth-order valence-electron chi connectivity index (χ4n) is 4.42. The third kappa shape index (κ3) is 5.28. The molecule has 0 bridgehead atoms. The van der Waals surface area contributed by atoms with Crippen molar-refractivity contribution in [1.29, 1.82) is 0 Å². The third-order valence-electron chi connectivity index (χ3n) is 6.22. The van der Waals surface area contributed by atoms with Gasteiger partial charge in [-0.25, -0.2) is 4.79 Å². The second-order valence-corrected chi connectivity index (χ2v) is 8.42. The number of aryl methyl sites for hydroxylation is 1. The number of ether oxygens (including phenoxy) is 1. The number of benzene rings is 3. The van der Waals surface area contributed by atoms with Crippen LogP contribution in [0.25, 0.3) is 10.8 Å². The van der Waals surface area contributed by atoms with Crippen molar-refractivity contribution < 1.29 is 14.3 Å².